The molecule has 1 aromatic carbocycles. The molecule has 0 aliphatic rings. The van der Waals surface area contributed by atoms with Gasteiger partial charge < -0.3 is 9.84 Å². The van der Waals surface area contributed by atoms with E-state index >= 15 is 0 Å². The van der Waals surface area contributed by atoms with Crippen LogP contribution in [-0.2, 0) is 6.54 Å². The van der Waals surface area contributed by atoms with Gasteiger partial charge in [-0.05, 0) is 13.0 Å². The minimum absolute atomic E-state index is 0.648. The third-order valence-electron chi connectivity index (χ3n) is 3.48. The van der Waals surface area contributed by atoms with Crippen molar-refractivity contribution < 1.29 is 4.52 Å². The maximum Gasteiger partial charge on any atom is 0.240 e. The zero-order valence-corrected chi connectivity index (χ0v) is 12.8. The molecule has 0 radical (unpaired) electrons. The molecule has 0 saturated heterocycles. The molecule has 0 unspecified atom stereocenters. The molecule has 0 aliphatic carbocycles. The van der Waals surface area contributed by atoms with Gasteiger partial charge in [-0.15, -0.1) is 0 Å². The summed E-state index contributed by atoms with van der Waals surface area (Å²) in [6.45, 7) is 3.90. The Morgan fingerprint density at radius 2 is 1.76 bits per heavy atom. The van der Waals surface area contributed by atoms with Gasteiger partial charge in [0.1, 0.15) is 0 Å². The Kier molecular flexibility index (Phi) is 6.95. The molecule has 2 aromatic rings. The molecule has 0 amide bonds. The summed E-state index contributed by atoms with van der Waals surface area (Å²) in [5, 5.41) is 7.37. The second kappa shape index (κ2) is 9.29. The average Bonchev–Trinajstić information content (AvgIpc) is 3.00. The lowest BCUT2D eigenvalue weighted by atomic mass is 10.1. The monoisotopic (exact) mass is 287 g/mol. The second-order valence-electron chi connectivity index (χ2n) is 5.32. The lowest BCUT2D eigenvalue weighted by Gasteiger charge is -2.01. The summed E-state index contributed by atoms with van der Waals surface area (Å²) in [4.78, 5) is 4.40. The van der Waals surface area contributed by atoms with Crippen LogP contribution in [0.2, 0.25) is 0 Å². The van der Waals surface area contributed by atoms with Crippen LogP contribution in [0.3, 0.4) is 0 Å². The van der Waals surface area contributed by atoms with Crippen molar-refractivity contribution in [1.29, 1.82) is 0 Å². The number of aromatic nitrogens is 2. The van der Waals surface area contributed by atoms with E-state index < -0.39 is 0 Å². The molecular formula is C17H25N3O. The molecule has 2 rings (SSSR count). The standard InChI is InChI=1S/C17H25N3O/c1-2-3-4-5-6-10-13-18-14-16-19-17(20-21-16)15-11-8-7-9-12-15/h7-9,11-12,18H,2-6,10,13-14H2,1H3. The average molecular weight is 287 g/mol. The van der Waals surface area contributed by atoms with Gasteiger partial charge in [-0.3, -0.25) is 0 Å². The highest BCUT2D eigenvalue weighted by Crippen LogP contribution is 2.14. The molecule has 4 nitrogen and oxygen atoms in total. The first-order chi connectivity index (χ1) is 10.4. The minimum Gasteiger partial charge on any atom is -0.338 e. The number of unbranched alkanes of at least 4 members (excludes halogenated alkanes) is 5. The van der Waals surface area contributed by atoms with E-state index in [4.69, 9.17) is 4.52 Å². The first-order valence-corrected chi connectivity index (χ1v) is 7.99. The van der Waals surface area contributed by atoms with Crippen LogP contribution in [0.1, 0.15) is 51.3 Å². The summed E-state index contributed by atoms with van der Waals surface area (Å²) < 4.78 is 5.26. The smallest absolute Gasteiger partial charge is 0.240 e. The number of benzene rings is 1. The number of hydrogen-bond acceptors (Lipinski definition) is 4. The van der Waals surface area contributed by atoms with E-state index in [0.29, 0.717) is 18.3 Å². The van der Waals surface area contributed by atoms with Gasteiger partial charge in [0.25, 0.3) is 0 Å². The van der Waals surface area contributed by atoms with Gasteiger partial charge in [0, 0.05) is 5.56 Å². The van der Waals surface area contributed by atoms with Crippen LogP contribution in [0.15, 0.2) is 34.9 Å². The molecule has 0 bridgehead atoms. The van der Waals surface area contributed by atoms with Gasteiger partial charge in [-0.1, -0.05) is 74.5 Å². The first kappa shape index (κ1) is 15.7. The van der Waals surface area contributed by atoms with Crippen molar-refractivity contribution in [3.05, 3.63) is 36.2 Å². The van der Waals surface area contributed by atoms with Crippen molar-refractivity contribution in [3.63, 3.8) is 0 Å². The molecule has 0 fully saturated rings. The fraction of sp³-hybridized carbons (Fsp3) is 0.529. The van der Waals surface area contributed by atoms with Gasteiger partial charge >= 0.3 is 0 Å². The maximum absolute atomic E-state index is 5.26. The third-order valence-corrected chi connectivity index (χ3v) is 3.48. The molecule has 1 aromatic heterocycles. The van der Waals surface area contributed by atoms with E-state index in [-0.39, 0.29) is 0 Å². The van der Waals surface area contributed by atoms with Crippen LogP contribution in [0.5, 0.6) is 0 Å². The molecule has 0 aliphatic heterocycles. The van der Waals surface area contributed by atoms with Gasteiger partial charge in [0.2, 0.25) is 11.7 Å². The van der Waals surface area contributed by atoms with Crippen LogP contribution in [0.4, 0.5) is 0 Å². The molecule has 4 heteroatoms. The fourth-order valence-electron chi connectivity index (χ4n) is 2.26. The Morgan fingerprint density at radius 1 is 1.00 bits per heavy atom. The van der Waals surface area contributed by atoms with Crippen LogP contribution in [0, 0.1) is 0 Å². The predicted octanol–water partition coefficient (Wildman–Crippen LogP) is 4.19. The number of rotatable bonds is 10. The topological polar surface area (TPSA) is 51.0 Å². The van der Waals surface area contributed by atoms with Crippen LogP contribution in [0.25, 0.3) is 11.4 Å². The molecule has 0 atom stereocenters. The Labute approximate surface area is 127 Å². The summed E-state index contributed by atoms with van der Waals surface area (Å²) in [6, 6.07) is 9.90. The van der Waals surface area contributed by atoms with E-state index in [1.807, 2.05) is 30.3 Å². The van der Waals surface area contributed by atoms with Crippen LogP contribution < -0.4 is 5.32 Å². The van der Waals surface area contributed by atoms with Crippen molar-refractivity contribution in [2.24, 2.45) is 0 Å². The van der Waals surface area contributed by atoms with Crippen LogP contribution >= 0.6 is 0 Å². The van der Waals surface area contributed by atoms with Crippen LogP contribution in [-0.4, -0.2) is 16.7 Å². The van der Waals surface area contributed by atoms with Gasteiger partial charge in [0.05, 0.1) is 6.54 Å². The molecule has 1 heterocycles. The zero-order chi connectivity index (χ0) is 14.8. The van der Waals surface area contributed by atoms with Gasteiger partial charge in [0.15, 0.2) is 0 Å². The molecule has 0 spiro atoms. The summed E-state index contributed by atoms with van der Waals surface area (Å²) in [5.41, 5.74) is 0.989. The SMILES string of the molecule is CCCCCCCCNCc1nc(-c2ccccc2)no1. The van der Waals surface area contributed by atoms with E-state index in [2.05, 4.69) is 22.4 Å². The fourth-order valence-corrected chi connectivity index (χ4v) is 2.26. The third kappa shape index (κ3) is 5.68. The zero-order valence-electron chi connectivity index (χ0n) is 12.8. The lowest BCUT2D eigenvalue weighted by Crippen LogP contribution is -2.14. The largest absolute Gasteiger partial charge is 0.338 e. The highest BCUT2D eigenvalue weighted by Gasteiger charge is 2.07. The maximum atomic E-state index is 5.26. The Balaban J connectivity index is 1.63. The van der Waals surface area contributed by atoms with E-state index in [9.17, 15) is 0 Å². The number of hydrogen-bond donors (Lipinski definition) is 1. The predicted molar refractivity (Wildman–Crippen MR) is 84.8 cm³/mol. The highest BCUT2D eigenvalue weighted by atomic mass is 16.5. The van der Waals surface area contributed by atoms with Gasteiger partial charge in [-0.25, -0.2) is 0 Å². The molecule has 1 N–H and O–H groups in total. The lowest BCUT2D eigenvalue weighted by molar-refractivity contribution is 0.367. The summed E-state index contributed by atoms with van der Waals surface area (Å²) in [7, 11) is 0. The molecule has 21 heavy (non-hydrogen) atoms. The Hall–Kier alpha value is -1.68. The first-order valence-electron chi connectivity index (χ1n) is 7.99. The summed E-state index contributed by atoms with van der Waals surface area (Å²) in [6.07, 6.45) is 7.88. The second-order valence-corrected chi connectivity index (χ2v) is 5.32. The molecule has 0 saturated carbocycles. The highest BCUT2D eigenvalue weighted by molar-refractivity contribution is 5.53. The molecular weight excluding hydrogens is 262 g/mol. The van der Waals surface area contributed by atoms with Crippen molar-refractivity contribution in [1.82, 2.24) is 15.5 Å². The van der Waals surface area contributed by atoms with Crippen molar-refractivity contribution in [3.8, 4) is 11.4 Å². The Bertz CT molecular complexity index is 496. The number of nitrogens with zero attached hydrogens (tertiary/aromatic N) is 2. The van der Waals surface area contributed by atoms with E-state index in [0.717, 1.165) is 12.1 Å². The normalized spacial score (nSPS) is 10.9. The van der Waals surface area contributed by atoms with Gasteiger partial charge in [-0.2, -0.15) is 4.98 Å². The Morgan fingerprint density at radius 3 is 2.57 bits per heavy atom. The van der Waals surface area contributed by atoms with Crippen molar-refractivity contribution in [2.75, 3.05) is 6.54 Å². The molecule has 114 valence electrons. The van der Waals surface area contributed by atoms with Crippen molar-refractivity contribution >= 4 is 0 Å². The summed E-state index contributed by atoms with van der Waals surface area (Å²) >= 11 is 0. The van der Waals surface area contributed by atoms with E-state index in [1.54, 1.807) is 0 Å². The number of nitrogens with one attached hydrogen (secondary N) is 1. The minimum atomic E-state index is 0.648. The quantitative estimate of drug-likeness (QED) is 0.666. The van der Waals surface area contributed by atoms with Crippen molar-refractivity contribution in [2.45, 2.75) is 52.0 Å². The van der Waals surface area contributed by atoms with E-state index in [1.165, 1.54) is 38.5 Å². The summed E-state index contributed by atoms with van der Waals surface area (Å²) in [5.74, 6) is 1.31.